The summed E-state index contributed by atoms with van der Waals surface area (Å²) in [5, 5.41) is 4.28. The van der Waals surface area contributed by atoms with Crippen molar-refractivity contribution in [1.29, 1.82) is 0 Å². The van der Waals surface area contributed by atoms with Gasteiger partial charge in [-0.3, -0.25) is 4.90 Å². The largest absolute Gasteiger partial charge is 0.464 e. The third-order valence-corrected chi connectivity index (χ3v) is 3.42. The molecular weight excluding hydrogens is 255 g/mol. The maximum atomic E-state index is 12.4. The van der Waals surface area contributed by atoms with Crippen LogP contribution >= 0.6 is 0 Å². The average Bonchev–Trinajstić information content (AvgIpc) is 2.23. The van der Waals surface area contributed by atoms with Crippen LogP contribution in [-0.2, 0) is 6.18 Å². The summed E-state index contributed by atoms with van der Waals surface area (Å²) in [6.45, 7) is 6.82. The molecule has 0 atom stereocenters. The summed E-state index contributed by atoms with van der Waals surface area (Å²) in [5.41, 5.74) is -0.809. The van der Waals surface area contributed by atoms with Crippen LogP contribution in [0.1, 0.15) is 25.8 Å². The van der Waals surface area contributed by atoms with Gasteiger partial charge in [0.2, 0.25) is 0 Å². The van der Waals surface area contributed by atoms with Crippen LogP contribution in [0.3, 0.4) is 0 Å². The van der Waals surface area contributed by atoms with Crippen molar-refractivity contribution >= 4 is 5.82 Å². The monoisotopic (exact) mass is 272 g/mol. The lowest BCUT2D eigenvalue weighted by atomic mass is 9.98. The quantitative estimate of drug-likeness (QED) is 0.838. The van der Waals surface area contributed by atoms with Crippen LogP contribution in [0.2, 0.25) is 0 Å². The summed E-state index contributed by atoms with van der Waals surface area (Å²) in [7, 11) is 0. The molecule has 1 aromatic heterocycles. The molecule has 1 aromatic rings. The molecule has 106 valence electrons. The van der Waals surface area contributed by atoms with Gasteiger partial charge in [0.15, 0.2) is 0 Å². The average molecular weight is 272 g/mol. The standard InChI is InChI=1S/C13H17F3N3/c1-12(2,19-6-3-7-19)9-18-11-5-4-10(8-17-11)13(14,15)16/h4-5,8H,3,6-7,9H2,1-2H3/q-1. The first-order chi connectivity index (χ1) is 8.79. The number of halogens is 3. The number of aromatic nitrogens is 1. The minimum atomic E-state index is -4.34. The number of hydrogen-bond donors (Lipinski definition) is 0. The molecule has 2 heterocycles. The summed E-state index contributed by atoms with van der Waals surface area (Å²) in [5.74, 6) is 0.349. The smallest absolute Gasteiger partial charge is 0.416 e. The summed E-state index contributed by atoms with van der Waals surface area (Å²) in [6.07, 6.45) is -2.32. The molecule has 0 amide bonds. The minimum Gasteiger partial charge on any atom is -0.464 e. The Labute approximate surface area is 110 Å². The molecule has 0 N–H and O–H groups in total. The number of rotatable bonds is 4. The number of pyridine rings is 1. The lowest BCUT2D eigenvalue weighted by Gasteiger charge is -2.46. The van der Waals surface area contributed by atoms with Crippen molar-refractivity contribution in [1.82, 2.24) is 9.88 Å². The highest BCUT2D eigenvalue weighted by Crippen LogP contribution is 2.31. The van der Waals surface area contributed by atoms with Gasteiger partial charge in [-0.1, -0.05) is 24.1 Å². The van der Waals surface area contributed by atoms with E-state index >= 15 is 0 Å². The van der Waals surface area contributed by atoms with Crippen molar-refractivity contribution in [2.24, 2.45) is 0 Å². The Balaban J connectivity index is 1.93. The van der Waals surface area contributed by atoms with Gasteiger partial charge >= 0.3 is 6.18 Å². The van der Waals surface area contributed by atoms with E-state index in [4.69, 9.17) is 0 Å². The van der Waals surface area contributed by atoms with Crippen molar-refractivity contribution in [2.45, 2.75) is 32.0 Å². The Morgan fingerprint density at radius 3 is 2.37 bits per heavy atom. The number of alkyl halides is 3. The second-order valence-corrected chi connectivity index (χ2v) is 5.37. The Morgan fingerprint density at radius 1 is 1.26 bits per heavy atom. The van der Waals surface area contributed by atoms with Gasteiger partial charge in [-0.05, 0) is 39.9 Å². The molecule has 0 bridgehead atoms. The molecule has 0 saturated carbocycles. The van der Waals surface area contributed by atoms with Gasteiger partial charge in [0.1, 0.15) is 0 Å². The molecule has 0 aliphatic carbocycles. The van der Waals surface area contributed by atoms with E-state index in [1.807, 2.05) is 0 Å². The first-order valence-electron chi connectivity index (χ1n) is 6.25. The highest BCUT2D eigenvalue weighted by atomic mass is 19.4. The lowest BCUT2D eigenvalue weighted by Crippen LogP contribution is -2.53. The maximum absolute atomic E-state index is 12.4. The Kier molecular flexibility index (Phi) is 3.71. The molecule has 0 radical (unpaired) electrons. The van der Waals surface area contributed by atoms with Crippen molar-refractivity contribution in [3.63, 3.8) is 0 Å². The molecule has 0 unspecified atom stereocenters. The minimum absolute atomic E-state index is 0.0668. The fraction of sp³-hybridized carbons (Fsp3) is 0.615. The normalized spacial score (nSPS) is 17.1. The van der Waals surface area contributed by atoms with Gasteiger partial charge in [-0.25, -0.2) is 0 Å². The molecule has 1 saturated heterocycles. The summed E-state index contributed by atoms with van der Waals surface area (Å²) >= 11 is 0. The van der Waals surface area contributed by atoms with Crippen LogP contribution in [0.15, 0.2) is 18.3 Å². The van der Waals surface area contributed by atoms with E-state index in [0.717, 1.165) is 25.4 Å². The Bertz CT molecular complexity index is 422. The van der Waals surface area contributed by atoms with Gasteiger partial charge in [-0.2, -0.15) is 13.2 Å². The van der Waals surface area contributed by atoms with Crippen LogP contribution < -0.4 is 0 Å². The lowest BCUT2D eigenvalue weighted by molar-refractivity contribution is -0.137. The molecule has 6 heteroatoms. The van der Waals surface area contributed by atoms with Crippen molar-refractivity contribution < 1.29 is 13.2 Å². The third-order valence-electron chi connectivity index (χ3n) is 3.42. The van der Waals surface area contributed by atoms with Crippen LogP contribution in [0, 0.1) is 0 Å². The van der Waals surface area contributed by atoms with Gasteiger partial charge in [0.25, 0.3) is 0 Å². The van der Waals surface area contributed by atoms with E-state index in [1.165, 1.54) is 12.5 Å². The zero-order chi connectivity index (χ0) is 14.1. The van der Waals surface area contributed by atoms with Gasteiger partial charge < -0.3 is 10.3 Å². The van der Waals surface area contributed by atoms with E-state index in [-0.39, 0.29) is 5.54 Å². The molecule has 1 fully saturated rings. The van der Waals surface area contributed by atoms with Crippen LogP contribution in [-0.4, -0.2) is 35.1 Å². The predicted octanol–water partition coefficient (Wildman–Crippen LogP) is 3.59. The molecule has 0 aromatic carbocycles. The molecular formula is C13H17F3N3-. The summed E-state index contributed by atoms with van der Waals surface area (Å²) in [6, 6.07) is 2.33. The molecule has 3 nitrogen and oxygen atoms in total. The highest BCUT2D eigenvalue weighted by Gasteiger charge is 2.30. The first kappa shape index (κ1) is 14.1. The van der Waals surface area contributed by atoms with Gasteiger partial charge in [0, 0.05) is 5.54 Å². The topological polar surface area (TPSA) is 30.2 Å². The fourth-order valence-corrected chi connectivity index (χ4v) is 1.94. The fourth-order valence-electron chi connectivity index (χ4n) is 1.94. The molecule has 1 aliphatic heterocycles. The Hall–Kier alpha value is -1.30. The van der Waals surface area contributed by atoms with E-state index in [9.17, 15) is 13.2 Å². The van der Waals surface area contributed by atoms with Crippen LogP contribution in [0.5, 0.6) is 0 Å². The number of hydrogen-bond acceptors (Lipinski definition) is 2. The summed E-state index contributed by atoms with van der Waals surface area (Å²) < 4.78 is 37.1. The van der Waals surface area contributed by atoms with E-state index in [2.05, 4.69) is 29.0 Å². The van der Waals surface area contributed by atoms with Crippen molar-refractivity contribution in [2.75, 3.05) is 19.6 Å². The van der Waals surface area contributed by atoms with Gasteiger partial charge in [-0.15, -0.1) is 0 Å². The number of likely N-dealkylation sites (tertiary alicyclic amines) is 1. The molecule has 0 spiro atoms. The Morgan fingerprint density at radius 2 is 1.95 bits per heavy atom. The number of nitrogens with zero attached hydrogens (tertiary/aromatic N) is 3. The molecule has 2 rings (SSSR count). The van der Waals surface area contributed by atoms with Crippen molar-refractivity contribution in [3.8, 4) is 0 Å². The van der Waals surface area contributed by atoms with Gasteiger partial charge in [0.05, 0.1) is 5.56 Å². The van der Waals surface area contributed by atoms with Crippen LogP contribution in [0.25, 0.3) is 5.32 Å². The molecule has 1 aliphatic rings. The SMILES string of the molecule is CC(C)(C[N-]c1ccc(C(F)(F)F)cn1)N1CCC1. The highest BCUT2D eigenvalue weighted by molar-refractivity contribution is 5.42. The summed E-state index contributed by atoms with van der Waals surface area (Å²) in [4.78, 5) is 6.05. The second kappa shape index (κ2) is 5.00. The first-order valence-corrected chi connectivity index (χ1v) is 6.25. The second-order valence-electron chi connectivity index (χ2n) is 5.37. The van der Waals surface area contributed by atoms with Crippen LogP contribution in [0.4, 0.5) is 19.0 Å². The zero-order valence-electron chi connectivity index (χ0n) is 11.0. The predicted molar refractivity (Wildman–Crippen MR) is 67.4 cm³/mol. The maximum Gasteiger partial charge on any atom is 0.416 e. The third kappa shape index (κ3) is 3.37. The zero-order valence-corrected chi connectivity index (χ0v) is 11.0. The van der Waals surface area contributed by atoms with E-state index < -0.39 is 11.7 Å². The van der Waals surface area contributed by atoms with E-state index in [0.29, 0.717) is 12.4 Å². The molecule has 19 heavy (non-hydrogen) atoms. The van der Waals surface area contributed by atoms with E-state index in [1.54, 1.807) is 0 Å². The van der Waals surface area contributed by atoms with Crippen molar-refractivity contribution in [3.05, 3.63) is 29.2 Å².